The molecule has 0 amide bonds. The number of hydrogen-bond donors (Lipinski definition) is 0. The van der Waals surface area contributed by atoms with E-state index < -0.39 is 6.10 Å². The van der Waals surface area contributed by atoms with Gasteiger partial charge in [0.25, 0.3) is 0 Å². The van der Waals surface area contributed by atoms with Crippen LogP contribution in [0.1, 0.15) is 380 Å². The van der Waals surface area contributed by atoms with Crippen LogP contribution in [-0.2, 0) is 28.6 Å². The summed E-state index contributed by atoms with van der Waals surface area (Å²) in [5.41, 5.74) is 0. The molecule has 0 radical (unpaired) electrons. The minimum Gasteiger partial charge on any atom is -0.462 e. The Bertz CT molecular complexity index is 1360. The summed E-state index contributed by atoms with van der Waals surface area (Å²) in [5.74, 6) is -0.864. The Labute approximate surface area is 492 Å². The summed E-state index contributed by atoms with van der Waals surface area (Å²) in [6, 6.07) is 0. The third-order valence-electron chi connectivity index (χ3n) is 15.8. The molecule has 0 saturated carbocycles. The van der Waals surface area contributed by atoms with Crippen molar-refractivity contribution in [1.29, 1.82) is 0 Å². The first-order valence-electron chi connectivity index (χ1n) is 35.1. The van der Waals surface area contributed by atoms with E-state index in [4.69, 9.17) is 14.2 Å². The fourth-order valence-corrected chi connectivity index (χ4v) is 10.5. The van der Waals surface area contributed by atoms with Gasteiger partial charge in [0.2, 0.25) is 0 Å². The second-order valence-corrected chi connectivity index (χ2v) is 23.8. The van der Waals surface area contributed by atoms with Crippen molar-refractivity contribution >= 4 is 17.9 Å². The first kappa shape index (κ1) is 76.4. The van der Waals surface area contributed by atoms with Gasteiger partial charge >= 0.3 is 17.9 Å². The Hall–Kier alpha value is -2.63. The normalized spacial score (nSPS) is 12.3. The predicted octanol–water partition coefficient (Wildman–Crippen LogP) is 24.1. The van der Waals surface area contributed by atoms with Gasteiger partial charge in [0, 0.05) is 19.3 Å². The lowest BCUT2D eigenvalue weighted by atomic mass is 10.0. The lowest BCUT2D eigenvalue weighted by Gasteiger charge is -2.18. The van der Waals surface area contributed by atoms with Gasteiger partial charge in [-0.2, -0.15) is 0 Å². The maximum Gasteiger partial charge on any atom is 0.306 e. The number of carbonyl (C=O) groups is 3. The molecule has 0 aliphatic heterocycles. The average molecular weight is 1110 g/mol. The summed E-state index contributed by atoms with van der Waals surface area (Å²) < 4.78 is 17.0. The molecule has 1 atom stereocenters. The zero-order chi connectivity index (χ0) is 57.1. The minimum absolute atomic E-state index is 0.0738. The van der Waals surface area contributed by atoms with Gasteiger partial charge in [-0.25, -0.2) is 0 Å². The number of allylic oxidation sites excluding steroid dienone is 8. The maximum absolute atomic E-state index is 12.9. The lowest BCUT2D eigenvalue weighted by Crippen LogP contribution is -2.30. The number of rotatable bonds is 65. The molecular weight excluding hydrogens is 973 g/mol. The van der Waals surface area contributed by atoms with Crippen LogP contribution in [0.15, 0.2) is 48.6 Å². The Morgan fingerprint density at radius 1 is 0.253 bits per heavy atom. The van der Waals surface area contributed by atoms with Crippen molar-refractivity contribution in [2.45, 2.75) is 386 Å². The highest BCUT2D eigenvalue weighted by atomic mass is 16.6. The van der Waals surface area contributed by atoms with Gasteiger partial charge in [-0.1, -0.05) is 307 Å². The molecule has 0 aromatic rings. The van der Waals surface area contributed by atoms with E-state index in [1.807, 2.05) is 0 Å². The smallest absolute Gasteiger partial charge is 0.306 e. The van der Waals surface area contributed by atoms with Crippen LogP contribution in [0.4, 0.5) is 0 Å². The van der Waals surface area contributed by atoms with Crippen molar-refractivity contribution in [2.75, 3.05) is 13.2 Å². The molecule has 6 heteroatoms. The molecule has 0 aromatic heterocycles. The minimum atomic E-state index is -0.778. The zero-order valence-corrected chi connectivity index (χ0v) is 53.2. The van der Waals surface area contributed by atoms with E-state index in [9.17, 15) is 14.4 Å². The number of ether oxygens (including phenoxy) is 3. The molecule has 0 fully saturated rings. The van der Waals surface area contributed by atoms with Crippen LogP contribution in [0.2, 0.25) is 0 Å². The molecule has 0 rings (SSSR count). The fourth-order valence-electron chi connectivity index (χ4n) is 10.5. The molecule has 6 nitrogen and oxygen atoms in total. The maximum atomic E-state index is 12.9. The molecule has 0 heterocycles. The van der Waals surface area contributed by atoms with Crippen molar-refractivity contribution in [2.24, 2.45) is 0 Å². The topological polar surface area (TPSA) is 78.9 Å². The van der Waals surface area contributed by atoms with Crippen LogP contribution < -0.4 is 0 Å². The summed E-state index contributed by atoms with van der Waals surface area (Å²) in [6.45, 7) is 6.65. The van der Waals surface area contributed by atoms with Crippen molar-refractivity contribution < 1.29 is 28.6 Å². The van der Waals surface area contributed by atoms with E-state index >= 15 is 0 Å². The SMILES string of the molecule is CCCCC/C=C\C/C=C\CCCCCCCCCCCC(=O)OC(COC(=O)CCCCCCC/C=C\CCCCCC)COC(=O)CCCCCCCCCCCCCCCCCCC/C=C\CCCCCCCCCC. The van der Waals surface area contributed by atoms with Gasteiger partial charge in [0.05, 0.1) is 0 Å². The highest BCUT2D eigenvalue weighted by Crippen LogP contribution is 2.18. The molecule has 0 aliphatic rings. The Morgan fingerprint density at radius 2 is 0.456 bits per heavy atom. The van der Waals surface area contributed by atoms with Gasteiger partial charge < -0.3 is 14.2 Å². The third kappa shape index (κ3) is 66.1. The summed E-state index contributed by atoms with van der Waals surface area (Å²) >= 11 is 0. The molecular formula is C73H134O6. The first-order valence-corrected chi connectivity index (χ1v) is 35.1. The van der Waals surface area contributed by atoms with Crippen molar-refractivity contribution in [3.63, 3.8) is 0 Å². The zero-order valence-electron chi connectivity index (χ0n) is 53.2. The summed E-state index contributed by atoms with van der Waals surface area (Å²) in [6.07, 6.45) is 85.7. The lowest BCUT2D eigenvalue weighted by molar-refractivity contribution is -0.167. The largest absolute Gasteiger partial charge is 0.462 e. The molecule has 1 unspecified atom stereocenters. The number of unbranched alkanes of at least 4 members (excludes halogenated alkanes) is 46. The molecule has 0 aromatic carbocycles. The van der Waals surface area contributed by atoms with Gasteiger partial charge in [-0.15, -0.1) is 0 Å². The second-order valence-electron chi connectivity index (χ2n) is 23.8. The van der Waals surface area contributed by atoms with E-state index in [2.05, 4.69) is 69.4 Å². The monoisotopic (exact) mass is 1110 g/mol. The van der Waals surface area contributed by atoms with Crippen LogP contribution in [-0.4, -0.2) is 37.2 Å². The van der Waals surface area contributed by atoms with E-state index in [1.165, 1.54) is 270 Å². The molecule has 0 bridgehead atoms. The van der Waals surface area contributed by atoms with Crippen LogP contribution in [0.3, 0.4) is 0 Å². The van der Waals surface area contributed by atoms with Gasteiger partial charge in [-0.05, 0) is 103 Å². The summed E-state index contributed by atoms with van der Waals surface area (Å²) in [7, 11) is 0. The molecule has 0 saturated heterocycles. The van der Waals surface area contributed by atoms with Crippen molar-refractivity contribution in [3.8, 4) is 0 Å². The van der Waals surface area contributed by atoms with E-state index in [-0.39, 0.29) is 31.1 Å². The highest BCUT2D eigenvalue weighted by molar-refractivity contribution is 5.71. The van der Waals surface area contributed by atoms with Crippen LogP contribution >= 0.6 is 0 Å². The first-order chi connectivity index (χ1) is 39.0. The van der Waals surface area contributed by atoms with Gasteiger partial charge in [0.1, 0.15) is 13.2 Å². The van der Waals surface area contributed by atoms with E-state index in [0.717, 1.165) is 70.6 Å². The quantitative estimate of drug-likeness (QED) is 0.0261. The van der Waals surface area contributed by atoms with Crippen LogP contribution in [0.5, 0.6) is 0 Å². The average Bonchev–Trinajstić information content (AvgIpc) is 3.45. The predicted molar refractivity (Wildman–Crippen MR) is 344 cm³/mol. The molecule has 0 spiro atoms. The summed E-state index contributed by atoms with van der Waals surface area (Å²) in [5, 5.41) is 0. The van der Waals surface area contributed by atoms with Gasteiger partial charge in [0.15, 0.2) is 6.10 Å². The Balaban J connectivity index is 4.20. The molecule has 0 N–H and O–H groups in total. The molecule has 0 aliphatic carbocycles. The standard InChI is InChI=1S/C73H134O6/c1-4-7-10-13-16-19-22-25-27-29-31-32-33-34-35-36-37-38-39-40-42-43-45-48-51-54-57-60-63-66-72(75)78-69-70(68-77-71(74)65-62-59-56-53-50-47-24-21-18-15-12-9-6-3)79-73(76)67-64-61-58-55-52-49-46-44-41-30-28-26-23-20-17-14-11-8-5-2/h17,20-21,24,26,28-29,31,70H,4-16,18-19,22-23,25,27,30,32-69H2,1-3H3/b20-17-,24-21-,28-26-,31-29-. The second kappa shape index (κ2) is 67.9. The molecule has 79 heavy (non-hydrogen) atoms. The number of hydrogen-bond acceptors (Lipinski definition) is 6. The van der Waals surface area contributed by atoms with Gasteiger partial charge in [-0.3, -0.25) is 14.4 Å². The van der Waals surface area contributed by atoms with Crippen molar-refractivity contribution in [1.82, 2.24) is 0 Å². The van der Waals surface area contributed by atoms with E-state index in [1.54, 1.807) is 0 Å². The Kier molecular flexibility index (Phi) is 65.6. The van der Waals surface area contributed by atoms with E-state index in [0.29, 0.717) is 19.3 Å². The van der Waals surface area contributed by atoms with Crippen LogP contribution in [0.25, 0.3) is 0 Å². The molecule has 462 valence electrons. The summed E-state index contributed by atoms with van der Waals surface area (Å²) in [4.78, 5) is 38.4. The number of esters is 3. The third-order valence-corrected chi connectivity index (χ3v) is 15.8. The fraction of sp³-hybridized carbons (Fsp3) is 0.849. The highest BCUT2D eigenvalue weighted by Gasteiger charge is 2.19. The van der Waals surface area contributed by atoms with Crippen molar-refractivity contribution in [3.05, 3.63) is 48.6 Å². The van der Waals surface area contributed by atoms with Crippen LogP contribution in [0, 0.1) is 0 Å². The number of carbonyl (C=O) groups excluding carboxylic acids is 3. The Morgan fingerprint density at radius 3 is 0.747 bits per heavy atom.